The first-order valence-electron chi connectivity index (χ1n) is 5.10. The second-order valence-corrected chi connectivity index (χ2v) is 4.02. The van der Waals surface area contributed by atoms with Crippen molar-refractivity contribution in [3.05, 3.63) is 51.3 Å². The molecular formula is C11H8ClFN4O2. The maximum atomic E-state index is 13.0. The fourth-order valence-electron chi connectivity index (χ4n) is 1.42. The van der Waals surface area contributed by atoms with Crippen LogP contribution in [-0.4, -0.2) is 9.91 Å². The van der Waals surface area contributed by atoms with E-state index >= 15 is 0 Å². The van der Waals surface area contributed by atoms with Gasteiger partial charge in [-0.2, -0.15) is 0 Å². The van der Waals surface area contributed by atoms with Gasteiger partial charge in [0.25, 0.3) is 0 Å². The van der Waals surface area contributed by atoms with Gasteiger partial charge in [0.15, 0.2) is 0 Å². The van der Waals surface area contributed by atoms with Gasteiger partial charge in [0.1, 0.15) is 11.6 Å². The number of nitrogens with zero attached hydrogens (tertiary/aromatic N) is 2. The molecule has 0 bridgehead atoms. The summed E-state index contributed by atoms with van der Waals surface area (Å²) in [4.78, 5) is 14.1. The zero-order valence-corrected chi connectivity index (χ0v) is 10.2. The van der Waals surface area contributed by atoms with Gasteiger partial charge in [-0.1, -0.05) is 11.6 Å². The molecule has 0 aliphatic heterocycles. The highest BCUT2D eigenvalue weighted by atomic mass is 35.5. The maximum absolute atomic E-state index is 13.0. The van der Waals surface area contributed by atoms with E-state index in [9.17, 15) is 14.5 Å². The van der Waals surface area contributed by atoms with Crippen molar-refractivity contribution in [3.8, 4) is 0 Å². The minimum atomic E-state index is -0.597. The Balaban J connectivity index is 2.39. The first-order valence-corrected chi connectivity index (χ1v) is 5.48. The molecule has 1 aromatic heterocycles. The van der Waals surface area contributed by atoms with Crippen LogP contribution in [0.3, 0.4) is 0 Å². The number of pyridine rings is 1. The van der Waals surface area contributed by atoms with E-state index in [1.165, 1.54) is 24.3 Å². The standard InChI is InChI=1S/C11H8ClFN4O2/c12-7-5-6(1-2-8(7)13)15-11-9(17(18)19)3-4-10(14)16-11/h1-5H,(H3,14,15,16). The topological polar surface area (TPSA) is 94.1 Å². The molecule has 0 spiro atoms. The summed E-state index contributed by atoms with van der Waals surface area (Å²) in [7, 11) is 0. The Hall–Kier alpha value is -2.41. The highest BCUT2D eigenvalue weighted by Crippen LogP contribution is 2.28. The number of hydrogen-bond acceptors (Lipinski definition) is 5. The predicted molar refractivity (Wildman–Crippen MR) is 70.0 cm³/mol. The Kier molecular flexibility index (Phi) is 3.48. The van der Waals surface area contributed by atoms with Crippen LogP contribution in [0, 0.1) is 15.9 Å². The smallest absolute Gasteiger partial charge is 0.311 e. The molecule has 0 radical (unpaired) electrons. The summed E-state index contributed by atoms with van der Waals surface area (Å²) in [5, 5.41) is 13.4. The molecule has 8 heteroatoms. The van der Waals surface area contributed by atoms with Gasteiger partial charge in [-0.3, -0.25) is 10.1 Å². The van der Waals surface area contributed by atoms with E-state index in [0.29, 0.717) is 5.69 Å². The van der Waals surface area contributed by atoms with E-state index in [4.69, 9.17) is 17.3 Å². The fourth-order valence-corrected chi connectivity index (χ4v) is 1.60. The van der Waals surface area contributed by atoms with Crippen molar-refractivity contribution in [2.24, 2.45) is 0 Å². The Labute approximate surface area is 112 Å². The Morgan fingerprint density at radius 1 is 1.37 bits per heavy atom. The Morgan fingerprint density at radius 3 is 2.74 bits per heavy atom. The maximum Gasteiger partial charge on any atom is 0.311 e. The summed E-state index contributed by atoms with van der Waals surface area (Å²) in [5.74, 6) is -0.490. The van der Waals surface area contributed by atoms with E-state index in [1.54, 1.807) is 0 Å². The summed E-state index contributed by atoms with van der Waals surface area (Å²) >= 11 is 5.62. The molecule has 98 valence electrons. The molecule has 6 nitrogen and oxygen atoms in total. The molecule has 0 saturated heterocycles. The molecule has 0 aliphatic rings. The van der Waals surface area contributed by atoms with Crippen molar-refractivity contribution in [2.75, 3.05) is 11.1 Å². The molecule has 2 aromatic rings. The van der Waals surface area contributed by atoms with Crippen molar-refractivity contribution in [1.82, 2.24) is 4.98 Å². The summed E-state index contributed by atoms with van der Waals surface area (Å²) in [5.41, 5.74) is 5.60. The molecule has 1 aromatic carbocycles. The number of halogens is 2. The second kappa shape index (κ2) is 5.07. The van der Waals surface area contributed by atoms with Crippen LogP contribution in [0.4, 0.5) is 27.4 Å². The number of nitrogens with two attached hydrogens (primary N) is 1. The molecule has 0 saturated carbocycles. The van der Waals surface area contributed by atoms with Crippen LogP contribution < -0.4 is 11.1 Å². The SMILES string of the molecule is Nc1ccc([N+](=O)[O-])c(Nc2ccc(F)c(Cl)c2)n1. The Bertz CT molecular complexity index is 651. The van der Waals surface area contributed by atoms with Gasteiger partial charge < -0.3 is 11.1 Å². The lowest BCUT2D eigenvalue weighted by Gasteiger charge is -2.07. The highest BCUT2D eigenvalue weighted by molar-refractivity contribution is 6.31. The molecule has 1 heterocycles. The fraction of sp³-hybridized carbons (Fsp3) is 0. The van der Waals surface area contributed by atoms with Crippen molar-refractivity contribution in [1.29, 1.82) is 0 Å². The lowest BCUT2D eigenvalue weighted by molar-refractivity contribution is -0.384. The van der Waals surface area contributed by atoms with Gasteiger partial charge in [-0.25, -0.2) is 9.37 Å². The number of nitrogen functional groups attached to an aromatic ring is 1. The molecule has 0 fully saturated rings. The van der Waals surface area contributed by atoms with Crippen molar-refractivity contribution < 1.29 is 9.31 Å². The van der Waals surface area contributed by atoms with E-state index in [0.717, 1.165) is 6.07 Å². The molecule has 0 amide bonds. The number of benzene rings is 1. The van der Waals surface area contributed by atoms with E-state index in [-0.39, 0.29) is 22.3 Å². The van der Waals surface area contributed by atoms with Gasteiger partial charge >= 0.3 is 5.69 Å². The van der Waals surface area contributed by atoms with Crippen LogP contribution in [-0.2, 0) is 0 Å². The Morgan fingerprint density at radius 2 is 2.11 bits per heavy atom. The molecule has 0 aliphatic carbocycles. The van der Waals surface area contributed by atoms with E-state index < -0.39 is 10.7 Å². The molecular weight excluding hydrogens is 275 g/mol. The second-order valence-electron chi connectivity index (χ2n) is 3.61. The molecule has 3 N–H and O–H groups in total. The number of nitro groups is 1. The average Bonchev–Trinajstić information content (AvgIpc) is 2.33. The molecule has 2 rings (SSSR count). The van der Waals surface area contributed by atoms with Crippen LogP contribution >= 0.6 is 11.6 Å². The van der Waals surface area contributed by atoms with Crippen molar-refractivity contribution in [2.45, 2.75) is 0 Å². The van der Waals surface area contributed by atoms with Gasteiger partial charge in [0, 0.05) is 11.8 Å². The highest BCUT2D eigenvalue weighted by Gasteiger charge is 2.16. The monoisotopic (exact) mass is 282 g/mol. The lowest BCUT2D eigenvalue weighted by Crippen LogP contribution is -2.02. The van der Waals surface area contributed by atoms with Crippen molar-refractivity contribution in [3.63, 3.8) is 0 Å². The zero-order valence-electron chi connectivity index (χ0n) is 9.43. The minimum absolute atomic E-state index is 0.0346. The van der Waals surface area contributed by atoms with Crippen LogP contribution in [0.25, 0.3) is 0 Å². The molecule has 0 unspecified atom stereocenters. The summed E-state index contributed by atoms with van der Waals surface area (Å²) in [6.45, 7) is 0. The van der Waals surface area contributed by atoms with Gasteiger partial charge in [0.2, 0.25) is 5.82 Å². The number of rotatable bonds is 3. The van der Waals surface area contributed by atoms with E-state index in [1.807, 2.05) is 0 Å². The van der Waals surface area contributed by atoms with Crippen LogP contribution in [0.5, 0.6) is 0 Å². The van der Waals surface area contributed by atoms with Crippen LogP contribution in [0.15, 0.2) is 30.3 Å². The van der Waals surface area contributed by atoms with Crippen LogP contribution in [0.2, 0.25) is 5.02 Å². The third-order valence-electron chi connectivity index (χ3n) is 2.27. The summed E-state index contributed by atoms with van der Waals surface area (Å²) in [6.07, 6.45) is 0. The predicted octanol–water partition coefficient (Wildman–Crippen LogP) is 3.11. The average molecular weight is 283 g/mol. The van der Waals surface area contributed by atoms with Gasteiger partial charge in [-0.15, -0.1) is 0 Å². The zero-order chi connectivity index (χ0) is 14.0. The van der Waals surface area contributed by atoms with Gasteiger partial charge in [-0.05, 0) is 24.3 Å². The summed E-state index contributed by atoms with van der Waals surface area (Å²) < 4.78 is 13.0. The quantitative estimate of drug-likeness (QED) is 0.666. The normalized spacial score (nSPS) is 10.2. The third-order valence-corrected chi connectivity index (χ3v) is 2.56. The lowest BCUT2D eigenvalue weighted by atomic mass is 10.3. The largest absolute Gasteiger partial charge is 0.384 e. The first kappa shape index (κ1) is 13.0. The van der Waals surface area contributed by atoms with Gasteiger partial charge in [0.05, 0.1) is 9.95 Å². The van der Waals surface area contributed by atoms with E-state index in [2.05, 4.69) is 10.3 Å². The molecule has 19 heavy (non-hydrogen) atoms. The minimum Gasteiger partial charge on any atom is -0.384 e. The van der Waals surface area contributed by atoms with Crippen molar-refractivity contribution >= 4 is 34.6 Å². The first-order chi connectivity index (χ1) is 8.97. The van der Waals surface area contributed by atoms with Crippen LogP contribution in [0.1, 0.15) is 0 Å². The number of nitrogens with one attached hydrogen (secondary N) is 1. The third kappa shape index (κ3) is 2.89. The number of aromatic nitrogens is 1. The molecule has 0 atom stereocenters. The number of hydrogen-bond donors (Lipinski definition) is 2. The summed E-state index contributed by atoms with van der Waals surface area (Å²) in [6, 6.07) is 6.38. The number of anilines is 3.